The maximum Gasteiger partial charge on any atom is 0.225 e. The minimum Gasteiger partial charge on any atom is -0.339 e. The fourth-order valence-corrected chi connectivity index (χ4v) is 3.80. The molecule has 3 rings (SSSR count). The fourth-order valence-electron chi connectivity index (χ4n) is 2.89. The van der Waals surface area contributed by atoms with Gasteiger partial charge in [-0.05, 0) is 12.8 Å². The Morgan fingerprint density at radius 2 is 1.82 bits per heavy atom. The van der Waals surface area contributed by atoms with Crippen LogP contribution in [0.1, 0.15) is 24.4 Å². The zero-order valence-corrected chi connectivity index (χ0v) is 13.3. The van der Waals surface area contributed by atoms with E-state index in [9.17, 15) is 9.65 Å². The second-order valence-electron chi connectivity index (χ2n) is 5.66. The molecule has 1 aromatic rings. The molecule has 2 aliphatic rings. The highest BCUT2D eigenvalue weighted by atomic mass is 32.2. The number of piperidine rings is 1. The van der Waals surface area contributed by atoms with Crippen molar-refractivity contribution in [1.29, 1.82) is 5.26 Å². The lowest BCUT2D eigenvalue weighted by Gasteiger charge is -2.32. The van der Waals surface area contributed by atoms with E-state index in [2.05, 4.69) is 20.9 Å². The summed E-state index contributed by atoms with van der Waals surface area (Å²) in [6.07, 6.45) is 3.77. The molecule has 0 saturated carbocycles. The number of thioether (sulfide) groups is 1. The molecule has 22 heavy (non-hydrogen) atoms. The van der Waals surface area contributed by atoms with Gasteiger partial charge >= 0.3 is 0 Å². The molecule has 1 atom stereocenters. The third kappa shape index (κ3) is 3.50. The maximum absolute atomic E-state index is 13.2. The van der Waals surface area contributed by atoms with E-state index >= 15 is 0 Å². The molecule has 3 heterocycles. The summed E-state index contributed by atoms with van der Waals surface area (Å²) < 4.78 is 13.2. The van der Waals surface area contributed by atoms with Crippen LogP contribution in [0, 0.1) is 11.3 Å². The van der Waals surface area contributed by atoms with Crippen LogP contribution in [0.25, 0.3) is 0 Å². The summed E-state index contributed by atoms with van der Waals surface area (Å²) in [4.78, 5) is 13.1. The van der Waals surface area contributed by atoms with Crippen LogP contribution in [0.5, 0.6) is 0 Å². The Kier molecular flexibility index (Phi) is 5.11. The quantitative estimate of drug-likeness (QED) is 0.849. The smallest absolute Gasteiger partial charge is 0.225 e. The van der Waals surface area contributed by atoms with Gasteiger partial charge in [0.1, 0.15) is 12.2 Å². The summed E-state index contributed by atoms with van der Waals surface area (Å²) in [7, 11) is 0. The number of anilines is 1. The van der Waals surface area contributed by atoms with Gasteiger partial charge in [-0.1, -0.05) is 0 Å². The molecule has 2 saturated heterocycles. The summed E-state index contributed by atoms with van der Waals surface area (Å²) in [6.45, 7) is 3.17. The lowest BCUT2D eigenvalue weighted by Crippen LogP contribution is -2.37. The van der Waals surface area contributed by atoms with Gasteiger partial charge in [-0.15, -0.1) is 0 Å². The van der Waals surface area contributed by atoms with Crippen LogP contribution in [0.2, 0.25) is 0 Å². The monoisotopic (exact) mass is 321 g/mol. The predicted molar refractivity (Wildman–Crippen MR) is 85.6 cm³/mol. The van der Waals surface area contributed by atoms with E-state index < -0.39 is 6.17 Å². The van der Waals surface area contributed by atoms with Gasteiger partial charge in [0.2, 0.25) is 5.95 Å². The number of nitriles is 1. The van der Waals surface area contributed by atoms with Crippen LogP contribution >= 0.6 is 11.8 Å². The molecule has 7 heteroatoms. The van der Waals surface area contributed by atoms with E-state index in [-0.39, 0.29) is 6.04 Å². The summed E-state index contributed by atoms with van der Waals surface area (Å²) in [5.41, 5.74) is 0.801. The standard InChI is InChI=1S/C15H20FN5S/c16-13-1-3-20(4-2-13)14(9-17)12-10-18-15(19-11-12)21-5-7-22-8-6-21/h10-11,13-14H,1-8H2. The van der Waals surface area contributed by atoms with Crippen LogP contribution in [-0.4, -0.2) is 58.7 Å². The molecule has 5 nitrogen and oxygen atoms in total. The molecule has 0 spiro atoms. The van der Waals surface area contributed by atoms with Crippen molar-refractivity contribution in [2.45, 2.75) is 25.1 Å². The van der Waals surface area contributed by atoms with E-state index in [1.54, 1.807) is 12.4 Å². The van der Waals surface area contributed by atoms with Crippen LogP contribution in [0.4, 0.5) is 10.3 Å². The molecule has 1 aromatic heterocycles. The van der Waals surface area contributed by atoms with Crippen molar-refractivity contribution in [3.63, 3.8) is 0 Å². The number of rotatable bonds is 3. The highest BCUT2D eigenvalue weighted by molar-refractivity contribution is 7.99. The molecular formula is C15H20FN5S. The van der Waals surface area contributed by atoms with Gasteiger partial charge < -0.3 is 4.90 Å². The van der Waals surface area contributed by atoms with Crippen LogP contribution in [0.15, 0.2) is 12.4 Å². The number of aromatic nitrogens is 2. The number of likely N-dealkylation sites (tertiary alicyclic amines) is 1. The zero-order chi connectivity index (χ0) is 15.4. The summed E-state index contributed by atoms with van der Waals surface area (Å²) in [5.74, 6) is 2.94. The summed E-state index contributed by atoms with van der Waals surface area (Å²) >= 11 is 1.95. The molecule has 2 aliphatic heterocycles. The fraction of sp³-hybridized carbons (Fsp3) is 0.667. The van der Waals surface area contributed by atoms with E-state index in [0.29, 0.717) is 25.9 Å². The minimum absolute atomic E-state index is 0.376. The maximum atomic E-state index is 13.2. The van der Waals surface area contributed by atoms with E-state index in [1.807, 2.05) is 16.7 Å². The topological polar surface area (TPSA) is 56.1 Å². The molecular weight excluding hydrogens is 301 g/mol. The van der Waals surface area contributed by atoms with Gasteiger partial charge in [-0.2, -0.15) is 17.0 Å². The highest BCUT2D eigenvalue weighted by Crippen LogP contribution is 2.25. The Bertz CT molecular complexity index is 518. The number of halogens is 1. The molecule has 0 N–H and O–H groups in total. The largest absolute Gasteiger partial charge is 0.339 e. The minimum atomic E-state index is -0.730. The average molecular weight is 321 g/mol. The molecule has 0 aromatic carbocycles. The van der Waals surface area contributed by atoms with Crippen molar-refractivity contribution in [1.82, 2.24) is 14.9 Å². The van der Waals surface area contributed by atoms with Crippen molar-refractivity contribution < 1.29 is 4.39 Å². The van der Waals surface area contributed by atoms with Crippen molar-refractivity contribution in [3.8, 4) is 6.07 Å². The predicted octanol–water partition coefficient (Wildman–Crippen LogP) is 2.03. The van der Waals surface area contributed by atoms with E-state index in [0.717, 1.165) is 36.1 Å². The third-order valence-corrected chi connectivity index (χ3v) is 5.16. The SMILES string of the molecule is N#CC(c1cnc(N2CCSCC2)nc1)N1CCC(F)CC1. The van der Waals surface area contributed by atoms with E-state index in [4.69, 9.17) is 0 Å². The first-order valence-electron chi connectivity index (χ1n) is 7.70. The van der Waals surface area contributed by atoms with Gasteiger partial charge in [0, 0.05) is 55.6 Å². The number of alkyl halides is 1. The molecule has 0 bridgehead atoms. The molecule has 0 radical (unpaired) electrons. The van der Waals surface area contributed by atoms with Gasteiger partial charge in [0.15, 0.2) is 0 Å². The first-order valence-corrected chi connectivity index (χ1v) is 8.86. The molecule has 1 unspecified atom stereocenters. The van der Waals surface area contributed by atoms with Gasteiger partial charge in [0.05, 0.1) is 6.07 Å². The Morgan fingerprint density at radius 3 is 2.41 bits per heavy atom. The average Bonchev–Trinajstić information content (AvgIpc) is 2.59. The zero-order valence-electron chi connectivity index (χ0n) is 12.5. The lowest BCUT2D eigenvalue weighted by molar-refractivity contribution is 0.131. The van der Waals surface area contributed by atoms with E-state index in [1.165, 1.54) is 0 Å². The number of hydrogen-bond donors (Lipinski definition) is 0. The molecule has 118 valence electrons. The van der Waals surface area contributed by atoms with Gasteiger partial charge in [-0.25, -0.2) is 14.4 Å². The lowest BCUT2D eigenvalue weighted by atomic mass is 10.0. The molecule has 2 fully saturated rings. The normalized spacial score (nSPS) is 22.3. The first kappa shape index (κ1) is 15.5. The van der Waals surface area contributed by atoms with Crippen LogP contribution in [-0.2, 0) is 0 Å². The molecule has 0 aliphatic carbocycles. The van der Waals surface area contributed by atoms with Crippen molar-refractivity contribution in [2.24, 2.45) is 0 Å². The number of hydrogen-bond acceptors (Lipinski definition) is 6. The highest BCUT2D eigenvalue weighted by Gasteiger charge is 2.26. The Morgan fingerprint density at radius 1 is 1.18 bits per heavy atom. The summed E-state index contributed by atoms with van der Waals surface area (Å²) in [6, 6.07) is 1.93. The Balaban J connectivity index is 1.69. The van der Waals surface area contributed by atoms with Gasteiger partial charge in [0.25, 0.3) is 0 Å². The molecule has 0 amide bonds. The first-order chi connectivity index (χ1) is 10.8. The Labute approximate surface area is 134 Å². The van der Waals surface area contributed by atoms with Crippen molar-refractivity contribution in [2.75, 3.05) is 42.6 Å². The number of nitrogens with zero attached hydrogens (tertiary/aromatic N) is 5. The second-order valence-corrected chi connectivity index (χ2v) is 6.88. The van der Waals surface area contributed by atoms with Gasteiger partial charge in [-0.3, -0.25) is 4.90 Å². The third-order valence-electron chi connectivity index (χ3n) is 4.21. The van der Waals surface area contributed by atoms with Crippen molar-refractivity contribution in [3.05, 3.63) is 18.0 Å². The van der Waals surface area contributed by atoms with Crippen molar-refractivity contribution >= 4 is 17.7 Å². The van der Waals surface area contributed by atoms with Crippen LogP contribution in [0.3, 0.4) is 0 Å². The summed E-state index contributed by atoms with van der Waals surface area (Å²) in [5, 5.41) is 9.46. The second kappa shape index (κ2) is 7.25. The van der Waals surface area contributed by atoms with Crippen LogP contribution < -0.4 is 4.90 Å². The Hall–Kier alpha value is -1.39.